The highest BCUT2D eigenvalue weighted by molar-refractivity contribution is 7.99. The summed E-state index contributed by atoms with van der Waals surface area (Å²) in [6.07, 6.45) is 4.94. The van der Waals surface area contributed by atoms with Crippen LogP contribution in [-0.4, -0.2) is 31.4 Å². The average Bonchev–Trinajstić information content (AvgIpc) is 3.09. The number of pyridine rings is 1. The number of hydrogen-bond donors (Lipinski definition) is 1. The number of anilines is 1. The highest BCUT2D eigenvalue weighted by Gasteiger charge is 2.11. The first-order valence-electron chi connectivity index (χ1n) is 7.96. The maximum atomic E-state index is 12.1. The number of amides is 1. The minimum Gasteiger partial charge on any atom is -0.324 e. The molecule has 128 valence electrons. The monoisotopic (exact) mass is 353 g/mol. The summed E-state index contributed by atoms with van der Waals surface area (Å²) in [7, 11) is 0. The molecule has 7 heteroatoms. The number of thioether (sulfide) groups is 1. The van der Waals surface area contributed by atoms with Gasteiger partial charge in [0.05, 0.1) is 17.6 Å². The van der Waals surface area contributed by atoms with Gasteiger partial charge in [-0.3, -0.25) is 14.3 Å². The van der Waals surface area contributed by atoms with Crippen molar-refractivity contribution in [3.63, 3.8) is 0 Å². The van der Waals surface area contributed by atoms with Gasteiger partial charge in [0.1, 0.15) is 6.33 Å². The normalized spacial score (nSPS) is 10.8. The molecule has 0 spiro atoms. The maximum absolute atomic E-state index is 12.1. The molecule has 1 amide bonds. The minimum absolute atomic E-state index is 0.109. The lowest BCUT2D eigenvalue weighted by atomic mass is 10.0. The summed E-state index contributed by atoms with van der Waals surface area (Å²) < 4.78 is 1.88. The van der Waals surface area contributed by atoms with Gasteiger partial charge in [0, 0.05) is 11.9 Å². The second-order valence-electron chi connectivity index (χ2n) is 5.81. The summed E-state index contributed by atoms with van der Waals surface area (Å²) in [6.45, 7) is 4.33. The van der Waals surface area contributed by atoms with Gasteiger partial charge in [-0.25, -0.2) is 0 Å². The second kappa shape index (κ2) is 7.94. The summed E-state index contributed by atoms with van der Waals surface area (Å²) in [4.78, 5) is 16.0. The van der Waals surface area contributed by atoms with Crippen LogP contribution in [0.2, 0.25) is 0 Å². The zero-order valence-electron chi connectivity index (χ0n) is 14.1. The third-order valence-electron chi connectivity index (χ3n) is 3.63. The molecule has 1 aromatic carbocycles. The van der Waals surface area contributed by atoms with E-state index >= 15 is 0 Å². The summed E-state index contributed by atoms with van der Waals surface area (Å²) >= 11 is 1.34. The Morgan fingerprint density at radius 3 is 2.72 bits per heavy atom. The molecule has 0 saturated carbocycles. The first-order valence-corrected chi connectivity index (χ1v) is 8.95. The van der Waals surface area contributed by atoms with Crippen LogP contribution in [0.15, 0.2) is 60.3 Å². The van der Waals surface area contributed by atoms with Crippen LogP contribution < -0.4 is 5.32 Å². The lowest BCUT2D eigenvalue weighted by Gasteiger charge is -2.09. The van der Waals surface area contributed by atoms with Gasteiger partial charge in [-0.15, -0.1) is 10.2 Å². The van der Waals surface area contributed by atoms with Crippen molar-refractivity contribution in [3.05, 3.63) is 60.7 Å². The van der Waals surface area contributed by atoms with Crippen molar-refractivity contribution in [1.29, 1.82) is 0 Å². The van der Waals surface area contributed by atoms with Gasteiger partial charge in [0.15, 0.2) is 5.16 Å². The molecule has 0 radical (unpaired) electrons. The van der Waals surface area contributed by atoms with Crippen LogP contribution >= 0.6 is 11.8 Å². The smallest absolute Gasteiger partial charge is 0.234 e. The molecule has 0 aliphatic rings. The van der Waals surface area contributed by atoms with E-state index in [0.717, 1.165) is 5.69 Å². The molecule has 2 aromatic heterocycles. The molecule has 0 fully saturated rings. The van der Waals surface area contributed by atoms with Crippen LogP contribution in [0.25, 0.3) is 5.69 Å². The Hall–Kier alpha value is -2.67. The van der Waals surface area contributed by atoms with E-state index in [9.17, 15) is 4.79 Å². The topological polar surface area (TPSA) is 72.7 Å². The van der Waals surface area contributed by atoms with Crippen LogP contribution in [0.3, 0.4) is 0 Å². The zero-order chi connectivity index (χ0) is 17.6. The molecule has 0 saturated heterocycles. The number of nitrogens with zero attached hydrogens (tertiary/aromatic N) is 4. The van der Waals surface area contributed by atoms with Crippen molar-refractivity contribution in [3.8, 4) is 5.69 Å². The van der Waals surface area contributed by atoms with Crippen molar-refractivity contribution >= 4 is 23.4 Å². The van der Waals surface area contributed by atoms with E-state index in [2.05, 4.69) is 46.5 Å². The maximum Gasteiger partial charge on any atom is 0.234 e. The van der Waals surface area contributed by atoms with E-state index in [4.69, 9.17) is 0 Å². The van der Waals surface area contributed by atoms with Gasteiger partial charge in [0.2, 0.25) is 5.91 Å². The fourth-order valence-corrected chi connectivity index (χ4v) is 3.01. The summed E-state index contributed by atoms with van der Waals surface area (Å²) in [5.74, 6) is 0.625. The number of benzene rings is 1. The Labute approximate surface area is 150 Å². The van der Waals surface area contributed by atoms with E-state index in [1.54, 1.807) is 30.9 Å². The van der Waals surface area contributed by atoms with Gasteiger partial charge in [-0.2, -0.15) is 0 Å². The Bertz CT molecular complexity index is 830. The van der Waals surface area contributed by atoms with Crippen molar-refractivity contribution in [1.82, 2.24) is 19.7 Å². The van der Waals surface area contributed by atoms with Gasteiger partial charge in [-0.1, -0.05) is 37.7 Å². The Balaban J connectivity index is 1.64. The minimum atomic E-state index is -0.109. The molecular weight excluding hydrogens is 334 g/mol. The Morgan fingerprint density at radius 1 is 1.24 bits per heavy atom. The number of carbonyl (C=O) groups excluding carboxylic acids is 1. The van der Waals surface area contributed by atoms with Gasteiger partial charge >= 0.3 is 0 Å². The number of rotatable bonds is 6. The first-order chi connectivity index (χ1) is 12.1. The molecule has 3 aromatic rings. The van der Waals surface area contributed by atoms with Crippen LogP contribution in [-0.2, 0) is 4.79 Å². The Kier molecular flexibility index (Phi) is 5.45. The lowest BCUT2D eigenvalue weighted by molar-refractivity contribution is -0.113. The van der Waals surface area contributed by atoms with Crippen LogP contribution in [0.1, 0.15) is 25.3 Å². The second-order valence-corrected chi connectivity index (χ2v) is 6.75. The predicted octanol–water partition coefficient (Wildman–Crippen LogP) is 3.52. The standard InChI is InChI=1S/C18H19N5OS/c1-13(2)14-5-7-16(8-6-14)23-12-20-22-18(23)25-11-17(24)21-15-4-3-9-19-10-15/h3-10,12-13H,11H2,1-2H3,(H,21,24). The van der Waals surface area contributed by atoms with E-state index in [1.807, 2.05) is 16.7 Å². The molecule has 0 aliphatic carbocycles. The summed E-state index contributed by atoms with van der Waals surface area (Å²) in [6, 6.07) is 11.9. The van der Waals surface area contributed by atoms with Crippen molar-refractivity contribution < 1.29 is 4.79 Å². The molecule has 1 N–H and O–H groups in total. The molecule has 0 atom stereocenters. The van der Waals surface area contributed by atoms with Crippen LogP contribution in [0, 0.1) is 0 Å². The molecule has 0 aliphatic heterocycles. The third kappa shape index (κ3) is 4.45. The number of nitrogens with one attached hydrogen (secondary N) is 1. The van der Waals surface area contributed by atoms with Gasteiger partial charge < -0.3 is 5.32 Å². The number of aromatic nitrogens is 4. The van der Waals surface area contributed by atoms with E-state index < -0.39 is 0 Å². The number of hydrogen-bond acceptors (Lipinski definition) is 5. The van der Waals surface area contributed by atoms with Crippen LogP contribution in [0.5, 0.6) is 0 Å². The summed E-state index contributed by atoms with van der Waals surface area (Å²) in [5, 5.41) is 11.6. The van der Waals surface area contributed by atoms with E-state index in [1.165, 1.54) is 17.3 Å². The van der Waals surface area contributed by atoms with Crippen molar-refractivity contribution in [2.24, 2.45) is 0 Å². The number of carbonyl (C=O) groups is 1. The van der Waals surface area contributed by atoms with Gasteiger partial charge in [-0.05, 0) is 35.7 Å². The molecule has 25 heavy (non-hydrogen) atoms. The molecule has 0 bridgehead atoms. The zero-order valence-corrected chi connectivity index (χ0v) is 14.9. The van der Waals surface area contributed by atoms with Gasteiger partial charge in [0.25, 0.3) is 0 Å². The molecule has 3 rings (SSSR count). The largest absolute Gasteiger partial charge is 0.324 e. The van der Waals surface area contributed by atoms with E-state index in [-0.39, 0.29) is 11.7 Å². The van der Waals surface area contributed by atoms with Crippen molar-refractivity contribution in [2.75, 3.05) is 11.1 Å². The third-order valence-corrected chi connectivity index (χ3v) is 4.58. The highest BCUT2D eigenvalue weighted by atomic mass is 32.2. The molecule has 2 heterocycles. The fourth-order valence-electron chi connectivity index (χ4n) is 2.28. The predicted molar refractivity (Wildman–Crippen MR) is 99.0 cm³/mol. The molecule has 0 unspecified atom stereocenters. The Morgan fingerprint density at radius 2 is 2.04 bits per heavy atom. The van der Waals surface area contributed by atoms with E-state index in [0.29, 0.717) is 16.8 Å². The van der Waals surface area contributed by atoms with Crippen molar-refractivity contribution in [2.45, 2.75) is 24.9 Å². The average molecular weight is 353 g/mol. The molecular formula is C18H19N5OS. The molecule has 6 nitrogen and oxygen atoms in total. The highest BCUT2D eigenvalue weighted by Crippen LogP contribution is 2.22. The van der Waals surface area contributed by atoms with Crippen LogP contribution in [0.4, 0.5) is 5.69 Å². The first kappa shape index (κ1) is 17.2. The summed E-state index contributed by atoms with van der Waals surface area (Å²) in [5.41, 5.74) is 2.94. The lowest BCUT2D eigenvalue weighted by Crippen LogP contribution is -2.14. The SMILES string of the molecule is CC(C)c1ccc(-n2cnnc2SCC(=O)Nc2cccnc2)cc1. The fraction of sp³-hybridized carbons (Fsp3) is 0.222. The quantitative estimate of drug-likeness (QED) is 0.687.